The molecule has 9 heteroatoms. The topological polar surface area (TPSA) is 102 Å². The van der Waals surface area contributed by atoms with E-state index >= 15 is 0 Å². The van der Waals surface area contributed by atoms with Gasteiger partial charge in [-0.3, -0.25) is 4.79 Å². The molecule has 26 heavy (non-hydrogen) atoms. The molecule has 2 N–H and O–H groups in total. The van der Waals surface area contributed by atoms with E-state index in [-0.39, 0.29) is 27.7 Å². The van der Waals surface area contributed by atoms with Gasteiger partial charge in [-0.15, -0.1) is 0 Å². The van der Waals surface area contributed by atoms with Gasteiger partial charge in [-0.2, -0.15) is 0 Å². The number of hydrogen-bond donors (Lipinski definition) is 2. The lowest BCUT2D eigenvalue weighted by Crippen LogP contribution is -2.19. The van der Waals surface area contributed by atoms with Crippen LogP contribution >= 0.6 is 11.6 Å². The summed E-state index contributed by atoms with van der Waals surface area (Å²) in [5, 5.41) is 2.74. The van der Waals surface area contributed by atoms with Gasteiger partial charge < -0.3 is 10.1 Å². The second-order valence-corrected chi connectivity index (χ2v) is 7.40. The van der Waals surface area contributed by atoms with E-state index in [0.29, 0.717) is 5.69 Å². The molecule has 0 bridgehead atoms. The van der Waals surface area contributed by atoms with E-state index in [9.17, 15) is 18.0 Å². The van der Waals surface area contributed by atoms with Crippen LogP contribution in [0.15, 0.2) is 47.4 Å². The number of nitrogens with one attached hydrogen (secondary N) is 2. The monoisotopic (exact) mass is 396 g/mol. The summed E-state index contributed by atoms with van der Waals surface area (Å²) >= 11 is 6.05. The van der Waals surface area contributed by atoms with Crippen molar-refractivity contribution in [2.24, 2.45) is 0 Å². The van der Waals surface area contributed by atoms with Gasteiger partial charge in [0.05, 0.1) is 22.1 Å². The van der Waals surface area contributed by atoms with E-state index in [1.807, 2.05) is 0 Å². The van der Waals surface area contributed by atoms with Crippen LogP contribution in [-0.4, -0.2) is 33.9 Å². The van der Waals surface area contributed by atoms with Gasteiger partial charge in [0.1, 0.15) is 0 Å². The quantitative estimate of drug-likeness (QED) is 0.731. The molecule has 0 radical (unpaired) electrons. The van der Waals surface area contributed by atoms with Gasteiger partial charge in [0.25, 0.3) is 5.91 Å². The number of carbonyl (C=O) groups excluding carboxylic acids is 2. The molecule has 1 amide bonds. The second-order valence-electron chi connectivity index (χ2n) is 5.10. The zero-order chi connectivity index (χ0) is 19.3. The Morgan fingerprint density at radius 2 is 1.88 bits per heavy atom. The molecular weight excluding hydrogens is 380 g/mol. The fraction of sp³-hybridized carbons (Fsp3) is 0.176. The van der Waals surface area contributed by atoms with Crippen molar-refractivity contribution in [2.45, 2.75) is 11.8 Å². The van der Waals surface area contributed by atoms with Crippen LogP contribution < -0.4 is 10.0 Å². The highest BCUT2D eigenvalue weighted by atomic mass is 35.5. The summed E-state index contributed by atoms with van der Waals surface area (Å²) in [7, 11) is -2.37. The molecule has 0 fully saturated rings. The van der Waals surface area contributed by atoms with E-state index < -0.39 is 21.9 Å². The summed E-state index contributed by atoms with van der Waals surface area (Å²) < 4.78 is 30.7. The summed E-state index contributed by atoms with van der Waals surface area (Å²) in [6, 6.07) is 9.96. The normalized spacial score (nSPS) is 11.0. The van der Waals surface area contributed by atoms with E-state index in [1.54, 1.807) is 6.92 Å². The highest BCUT2D eigenvalue weighted by molar-refractivity contribution is 7.89. The van der Waals surface area contributed by atoms with Crippen molar-refractivity contribution in [2.75, 3.05) is 19.0 Å². The minimum Gasteiger partial charge on any atom is -0.462 e. The summed E-state index contributed by atoms with van der Waals surface area (Å²) in [6.45, 7) is 1.91. The van der Waals surface area contributed by atoms with Gasteiger partial charge in [0, 0.05) is 11.3 Å². The van der Waals surface area contributed by atoms with Gasteiger partial charge >= 0.3 is 5.97 Å². The van der Waals surface area contributed by atoms with Gasteiger partial charge in [0.2, 0.25) is 10.0 Å². The summed E-state index contributed by atoms with van der Waals surface area (Å²) in [6.07, 6.45) is 0. The molecule has 0 saturated heterocycles. The minimum atomic E-state index is -3.66. The molecule has 2 aromatic rings. The van der Waals surface area contributed by atoms with Crippen molar-refractivity contribution in [1.29, 1.82) is 0 Å². The van der Waals surface area contributed by atoms with E-state index in [2.05, 4.69) is 10.0 Å². The van der Waals surface area contributed by atoms with Gasteiger partial charge in [0.15, 0.2) is 0 Å². The number of amides is 1. The molecule has 0 aliphatic heterocycles. The van der Waals surface area contributed by atoms with Gasteiger partial charge in [-0.05, 0) is 50.4 Å². The van der Waals surface area contributed by atoms with Crippen molar-refractivity contribution in [3.63, 3.8) is 0 Å². The van der Waals surface area contributed by atoms with Crippen molar-refractivity contribution in [1.82, 2.24) is 4.72 Å². The Balaban J connectivity index is 2.22. The molecule has 0 heterocycles. The molecule has 0 unspecified atom stereocenters. The maximum Gasteiger partial charge on any atom is 0.339 e. The number of anilines is 1. The number of carbonyl (C=O) groups is 2. The Hall–Kier alpha value is -2.42. The SMILES string of the molecule is CCOC(=O)c1ccc(NC(=O)c2cccc(S(=O)(=O)NC)c2)cc1Cl. The molecule has 0 aromatic heterocycles. The molecule has 138 valence electrons. The third kappa shape index (κ3) is 4.60. The van der Waals surface area contributed by atoms with Crippen LogP contribution in [0.1, 0.15) is 27.6 Å². The molecule has 0 aliphatic carbocycles. The van der Waals surface area contributed by atoms with E-state index in [0.717, 1.165) is 0 Å². The Labute approximate surface area is 156 Å². The van der Waals surface area contributed by atoms with Crippen LogP contribution in [0.4, 0.5) is 5.69 Å². The first-order chi connectivity index (χ1) is 12.3. The maximum absolute atomic E-state index is 12.4. The summed E-state index contributed by atoms with van der Waals surface area (Å²) in [5.41, 5.74) is 0.704. The predicted molar refractivity (Wildman–Crippen MR) is 98.0 cm³/mol. The van der Waals surface area contributed by atoms with Gasteiger partial charge in [-0.1, -0.05) is 17.7 Å². The van der Waals surface area contributed by atoms with Crippen LogP contribution in [0.5, 0.6) is 0 Å². The van der Waals surface area contributed by atoms with E-state index in [4.69, 9.17) is 16.3 Å². The van der Waals surface area contributed by atoms with Crippen LogP contribution in [0.3, 0.4) is 0 Å². The molecule has 0 spiro atoms. The van der Waals surface area contributed by atoms with Crippen molar-refractivity contribution >= 4 is 39.2 Å². The van der Waals surface area contributed by atoms with Gasteiger partial charge in [-0.25, -0.2) is 17.9 Å². The van der Waals surface area contributed by atoms with Crippen LogP contribution in [-0.2, 0) is 14.8 Å². The Morgan fingerprint density at radius 3 is 2.50 bits per heavy atom. The number of benzene rings is 2. The first kappa shape index (κ1) is 19.9. The minimum absolute atomic E-state index is 0.0247. The lowest BCUT2D eigenvalue weighted by atomic mass is 10.2. The van der Waals surface area contributed by atoms with Crippen molar-refractivity contribution < 1.29 is 22.7 Å². The standard InChI is InChI=1S/C17H17ClN2O5S/c1-3-25-17(22)14-8-7-12(10-15(14)18)20-16(21)11-5-4-6-13(9-11)26(23,24)19-2/h4-10,19H,3H2,1-2H3,(H,20,21). The lowest BCUT2D eigenvalue weighted by Gasteiger charge is -2.09. The first-order valence-corrected chi connectivity index (χ1v) is 9.46. The molecule has 0 aliphatic rings. The lowest BCUT2D eigenvalue weighted by molar-refractivity contribution is 0.0526. The van der Waals surface area contributed by atoms with Crippen molar-refractivity contribution in [3.8, 4) is 0 Å². The average Bonchev–Trinajstić information content (AvgIpc) is 2.62. The number of hydrogen-bond acceptors (Lipinski definition) is 5. The smallest absolute Gasteiger partial charge is 0.339 e. The van der Waals surface area contributed by atoms with Crippen LogP contribution in [0, 0.1) is 0 Å². The van der Waals surface area contributed by atoms with Crippen molar-refractivity contribution in [3.05, 3.63) is 58.6 Å². The molecule has 2 aromatic carbocycles. The fourth-order valence-corrected chi connectivity index (χ4v) is 3.13. The maximum atomic E-state index is 12.4. The third-order valence-electron chi connectivity index (χ3n) is 3.40. The largest absolute Gasteiger partial charge is 0.462 e. The Morgan fingerprint density at radius 1 is 1.15 bits per heavy atom. The highest BCUT2D eigenvalue weighted by Crippen LogP contribution is 2.22. The van der Waals surface area contributed by atoms with E-state index in [1.165, 1.54) is 49.5 Å². The molecule has 0 atom stereocenters. The zero-order valence-electron chi connectivity index (χ0n) is 14.1. The Kier molecular flexibility index (Phi) is 6.36. The number of sulfonamides is 1. The number of esters is 1. The summed E-state index contributed by atoms with van der Waals surface area (Å²) in [4.78, 5) is 24.1. The zero-order valence-corrected chi connectivity index (χ0v) is 15.6. The Bertz CT molecular complexity index is 944. The first-order valence-electron chi connectivity index (χ1n) is 7.60. The third-order valence-corrected chi connectivity index (χ3v) is 5.12. The number of ether oxygens (including phenoxy) is 1. The fourth-order valence-electron chi connectivity index (χ4n) is 2.09. The van der Waals surface area contributed by atoms with Crippen LogP contribution in [0.25, 0.3) is 0 Å². The molecular formula is C17H17ClN2O5S. The molecule has 0 saturated carbocycles. The molecule has 7 nitrogen and oxygen atoms in total. The number of rotatable bonds is 6. The van der Waals surface area contributed by atoms with Crippen LogP contribution in [0.2, 0.25) is 5.02 Å². The highest BCUT2D eigenvalue weighted by Gasteiger charge is 2.16. The average molecular weight is 397 g/mol. The number of halogens is 1. The predicted octanol–water partition coefficient (Wildman–Crippen LogP) is 2.68. The second kappa shape index (κ2) is 8.31. The molecule has 2 rings (SSSR count). The summed E-state index contributed by atoms with van der Waals surface area (Å²) in [5.74, 6) is -1.07.